The van der Waals surface area contributed by atoms with Crippen LogP contribution >= 0.6 is 11.6 Å². The second-order valence-electron chi connectivity index (χ2n) is 5.59. The summed E-state index contributed by atoms with van der Waals surface area (Å²) in [5, 5.41) is 0.684. The van der Waals surface area contributed by atoms with Gasteiger partial charge in [-0.3, -0.25) is 19.1 Å². The van der Waals surface area contributed by atoms with Crippen LogP contribution in [0.2, 0.25) is 5.02 Å². The first-order chi connectivity index (χ1) is 11.5. The summed E-state index contributed by atoms with van der Waals surface area (Å²) in [5.41, 5.74) is -0.0151. The number of nitrogens with zero attached hydrogens (tertiary/aromatic N) is 3. The van der Waals surface area contributed by atoms with Gasteiger partial charge in [0.15, 0.2) is 0 Å². The number of benzene rings is 1. The highest BCUT2D eigenvalue weighted by molar-refractivity contribution is 6.30. The van der Waals surface area contributed by atoms with Crippen LogP contribution in [0.15, 0.2) is 46.1 Å². The fourth-order valence-corrected chi connectivity index (χ4v) is 2.89. The van der Waals surface area contributed by atoms with Gasteiger partial charge in [0.05, 0.1) is 0 Å². The van der Waals surface area contributed by atoms with Gasteiger partial charge < -0.3 is 9.80 Å². The maximum Gasteiger partial charge on any atom is 0.328 e. The Balaban J connectivity index is 1.61. The Morgan fingerprint density at radius 1 is 1.12 bits per heavy atom. The van der Waals surface area contributed by atoms with E-state index in [9.17, 15) is 14.4 Å². The van der Waals surface area contributed by atoms with E-state index in [1.165, 1.54) is 16.8 Å². The van der Waals surface area contributed by atoms with E-state index in [0.717, 1.165) is 5.69 Å². The van der Waals surface area contributed by atoms with Gasteiger partial charge in [0.25, 0.3) is 5.56 Å². The molecule has 1 aromatic heterocycles. The number of anilines is 1. The van der Waals surface area contributed by atoms with Crippen LogP contribution in [0.25, 0.3) is 0 Å². The van der Waals surface area contributed by atoms with E-state index in [4.69, 9.17) is 11.6 Å². The molecule has 1 aliphatic heterocycles. The first kappa shape index (κ1) is 16.3. The van der Waals surface area contributed by atoms with Crippen molar-refractivity contribution in [2.45, 2.75) is 6.54 Å². The van der Waals surface area contributed by atoms with Gasteiger partial charge in [-0.15, -0.1) is 0 Å². The lowest BCUT2D eigenvalue weighted by Gasteiger charge is -2.36. The SMILES string of the molecule is O=C(Cn1ccc(=O)[nH]c1=O)N1CCN(c2cccc(Cl)c2)CC1. The Morgan fingerprint density at radius 2 is 1.88 bits per heavy atom. The summed E-state index contributed by atoms with van der Waals surface area (Å²) in [6.07, 6.45) is 1.33. The van der Waals surface area contributed by atoms with Gasteiger partial charge in [-0.1, -0.05) is 17.7 Å². The molecule has 0 unspecified atom stereocenters. The molecule has 1 N–H and O–H groups in total. The van der Waals surface area contributed by atoms with Crippen molar-refractivity contribution in [3.05, 3.63) is 62.4 Å². The molecule has 1 saturated heterocycles. The maximum absolute atomic E-state index is 12.3. The van der Waals surface area contributed by atoms with Gasteiger partial charge in [-0.2, -0.15) is 0 Å². The molecule has 0 aliphatic carbocycles. The van der Waals surface area contributed by atoms with Crippen LogP contribution in [0.1, 0.15) is 0 Å². The van der Waals surface area contributed by atoms with Crippen LogP contribution in [-0.2, 0) is 11.3 Å². The van der Waals surface area contributed by atoms with Gasteiger partial charge in [0.2, 0.25) is 5.91 Å². The molecule has 24 heavy (non-hydrogen) atoms. The van der Waals surface area contributed by atoms with Gasteiger partial charge >= 0.3 is 5.69 Å². The number of carbonyl (C=O) groups is 1. The van der Waals surface area contributed by atoms with E-state index >= 15 is 0 Å². The molecular weight excluding hydrogens is 332 g/mol. The quantitative estimate of drug-likeness (QED) is 0.878. The van der Waals surface area contributed by atoms with E-state index in [-0.39, 0.29) is 12.5 Å². The zero-order valence-corrected chi connectivity index (χ0v) is 13.7. The number of rotatable bonds is 3. The van der Waals surface area contributed by atoms with E-state index < -0.39 is 11.2 Å². The van der Waals surface area contributed by atoms with E-state index in [1.54, 1.807) is 4.90 Å². The molecule has 3 rings (SSSR count). The van der Waals surface area contributed by atoms with Crippen LogP contribution in [0, 0.1) is 0 Å². The lowest BCUT2D eigenvalue weighted by atomic mass is 10.2. The third-order valence-corrected chi connectivity index (χ3v) is 4.24. The molecule has 8 heteroatoms. The van der Waals surface area contributed by atoms with E-state index in [1.807, 2.05) is 24.3 Å². The van der Waals surface area contributed by atoms with Crippen LogP contribution in [-0.4, -0.2) is 46.5 Å². The summed E-state index contributed by atoms with van der Waals surface area (Å²) < 4.78 is 1.20. The second kappa shape index (κ2) is 6.92. The van der Waals surface area contributed by atoms with Crippen molar-refractivity contribution in [3.63, 3.8) is 0 Å². The fraction of sp³-hybridized carbons (Fsp3) is 0.312. The minimum absolute atomic E-state index is 0.0766. The van der Waals surface area contributed by atoms with Gasteiger partial charge in [-0.25, -0.2) is 4.79 Å². The molecule has 0 atom stereocenters. The molecule has 0 bridgehead atoms. The lowest BCUT2D eigenvalue weighted by molar-refractivity contribution is -0.132. The molecule has 1 amide bonds. The first-order valence-electron chi connectivity index (χ1n) is 7.61. The van der Waals surface area contributed by atoms with E-state index in [2.05, 4.69) is 9.88 Å². The van der Waals surface area contributed by atoms with Crippen LogP contribution < -0.4 is 16.1 Å². The number of amides is 1. The third-order valence-electron chi connectivity index (χ3n) is 4.01. The average molecular weight is 349 g/mol. The molecule has 2 heterocycles. The Hall–Kier alpha value is -2.54. The minimum atomic E-state index is -0.576. The first-order valence-corrected chi connectivity index (χ1v) is 7.99. The number of hydrogen-bond donors (Lipinski definition) is 1. The molecule has 0 spiro atoms. The topological polar surface area (TPSA) is 78.4 Å². The van der Waals surface area contributed by atoms with E-state index in [0.29, 0.717) is 31.2 Å². The second-order valence-corrected chi connectivity index (χ2v) is 6.02. The number of halogens is 1. The van der Waals surface area contributed by atoms with Crippen molar-refractivity contribution in [3.8, 4) is 0 Å². The molecular formula is C16H17ClN4O3. The highest BCUT2D eigenvalue weighted by Crippen LogP contribution is 2.20. The Morgan fingerprint density at radius 3 is 2.54 bits per heavy atom. The number of nitrogens with one attached hydrogen (secondary N) is 1. The molecule has 0 radical (unpaired) electrons. The zero-order valence-electron chi connectivity index (χ0n) is 12.9. The Labute approximate surface area is 143 Å². The minimum Gasteiger partial charge on any atom is -0.368 e. The summed E-state index contributed by atoms with van der Waals surface area (Å²) in [6.45, 7) is 2.47. The number of aromatic nitrogens is 2. The molecule has 0 saturated carbocycles. The van der Waals surface area contributed by atoms with Crippen molar-refractivity contribution >= 4 is 23.2 Å². The highest BCUT2D eigenvalue weighted by atomic mass is 35.5. The maximum atomic E-state index is 12.3. The fourth-order valence-electron chi connectivity index (χ4n) is 2.70. The van der Waals surface area contributed by atoms with Gasteiger partial charge in [-0.05, 0) is 18.2 Å². The standard InChI is InChI=1S/C16H17ClN4O3/c17-12-2-1-3-13(10-12)19-6-8-20(9-7-19)15(23)11-21-5-4-14(22)18-16(21)24/h1-5,10H,6-9,11H2,(H,18,22,24). The van der Waals surface area contributed by atoms with Gasteiger partial charge in [0.1, 0.15) is 6.54 Å². The van der Waals surface area contributed by atoms with Crippen molar-refractivity contribution in [2.75, 3.05) is 31.1 Å². The number of hydrogen-bond acceptors (Lipinski definition) is 4. The number of H-pyrrole nitrogens is 1. The number of aromatic amines is 1. The molecule has 1 fully saturated rings. The summed E-state index contributed by atoms with van der Waals surface area (Å²) in [7, 11) is 0. The molecule has 2 aromatic rings. The highest BCUT2D eigenvalue weighted by Gasteiger charge is 2.21. The summed E-state index contributed by atoms with van der Waals surface area (Å²) in [5.74, 6) is -0.144. The third kappa shape index (κ3) is 3.68. The van der Waals surface area contributed by atoms with Crippen molar-refractivity contribution in [1.82, 2.24) is 14.5 Å². The van der Waals surface area contributed by atoms with Crippen LogP contribution in [0.3, 0.4) is 0 Å². The monoisotopic (exact) mass is 348 g/mol. The Bertz CT molecular complexity index is 853. The lowest BCUT2D eigenvalue weighted by Crippen LogP contribution is -2.50. The molecule has 1 aromatic carbocycles. The van der Waals surface area contributed by atoms with Crippen LogP contribution in [0.5, 0.6) is 0 Å². The average Bonchev–Trinajstić information content (AvgIpc) is 2.57. The molecule has 7 nitrogen and oxygen atoms in total. The molecule has 1 aliphatic rings. The predicted octanol–water partition coefficient (Wildman–Crippen LogP) is 0.539. The summed E-state index contributed by atoms with van der Waals surface area (Å²) >= 11 is 6.01. The van der Waals surface area contributed by atoms with Crippen LogP contribution in [0.4, 0.5) is 5.69 Å². The smallest absolute Gasteiger partial charge is 0.328 e. The van der Waals surface area contributed by atoms with Crippen molar-refractivity contribution in [2.24, 2.45) is 0 Å². The largest absolute Gasteiger partial charge is 0.368 e. The zero-order chi connectivity index (χ0) is 17.1. The predicted molar refractivity (Wildman–Crippen MR) is 91.6 cm³/mol. The number of piperazine rings is 1. The van der Waals surface area contributed by atoms with Crippen molar-refractivity contribution < 1.29 is 4.79 Å². The summed E-state index contributed by atoms with van der Waals surface area (Å²) in [6, 6.07) is 8.85. The normalized spacial score (nSPS) is 14.7. The summed E-state index contributed by atoms with van der Waals surface area (Å²) in [4.78, 5) is 41.1. The molecule has 126 valence electrons. The van der Waals surface area contributed by atoms with Gasteiger partial charge in [0, 0.05) is 49.2 Å². The Kier molecular flexibility index (Phi) is 4.71. The van der Waals surface area contributed by atoms with Crippen molar-refractivity contribution in [1.29, 1.82) is 0 Å². The number of carbonyl (C=O) groups excluding carboxylic acids is 1.